The Bertz CT molecular complexity index is 881. The lowest BCUT2D eigenvalue weighted by atomic mass is 9.87. The molecule has 1 aromatic heterocycles. The smallest absolute Gasteiger partial charge is 0.344 e. The van der Waals surface area contributed by atoms with Crippen molar-refractivity contribution >= 4 is 5.91 Å². The van der Waals surface area contributed by atoms with Gasteiger partial charge in [0.25, 0.3) is 0 Å². The predicted molar refractivity (Wildman–Crippen MR) is 99.4 cm³/mol. The van der Waals surface area contributed by atoms with Crippen LogP contribution in [-0.2, 0) is 11.0 Å². The molecule has 0 aliphatic carbocycles. The minimum Gasteiger partial charge on any atom is -0.344 e. The third-order valence-electron chi connectivity index (χ3n) is 5.85. The van der Waals surface area contributed by atoms with E-state index in [1.165, 1.54) is 12.1 Å². The SMILES string of the molecule is CN1CCC[C@@]2(CC[C@H](c3cc(-c4ccc(C(F)(F)F)cc4)ccn3)N2)C1=O. The van der Waals surface area contributed by atoms with Crippen LogP contribution in [-0.4, -0.2) is 34.9 Å². The Morgan fingerprint density at radius 3 is 2.61 bits per heavy atom. The summed E-state index contributed by atoms with van der Waals surface area (Å²) in [5.41, 5.74) is 1.16. The Labute approximate surface area is 161 Å². The minimum atomic E-state index is -4.34. The monoisotopic (exact) mass is 389 g/mol. The zero-order chi connectivity index (χ0) is 19.9. The molecule has 0 bridgehead atoms. The lowest BCUT2D eigenvalue weighted by Gasteiger charge is -2.38. The summed E-state index contributed by atoms with van der Waals surface area (Å²) in [4.78, 5) is 18.9. The van der Waals surface area contributed by atoms with E-state index in [0.717, 1.165) is 55.6 Å². The Morgan fingerprint density at radius 2 is 1.89 bits per heavy atom. The fourth-order valence-corrected chi connectivity index (χ4v) is 4.32. The number of benzene rings is 1. The lowest BCUT2D eigenvalue weighted by Crippen LogP contribution is -2.57. The fraction of sp³-hybridized carbons (Fsp3) is 0.429. The van der Waals surface area contributed by atoms with Gasteiger partial charge in [0.15, 0.2) is 0 Å². The molecule has 2 aliphatic heterocycles. The highest BCUT2D eigenvalue weighted by molar-refractivity contribution is 5.87. The van der Waals surface area contributed by atoms with E-state index in [1.54, 1.807) is 17.2 Å². The van der Waals surface area contributed by atoms with E-state index in [1.807, 2.05) is 13.1 Å². The summed E-state index contributed by atoms with van der Waals surface area (Å²) in [6.07, 6.45) is 0.704. The highest BCUT2D eigenvalue weighted by Crippen LogP contribution is 2.39. The number of amides is 1. The van der Waals surface area contributed by atoms with E-state index in [2.05, 4.69) is 10.3 Å². The zero-order valence-corrected chi connectivity index (χ0v) is 15.6. The normalized spacial score (nSPS) is 25.5. The molecule has 4 nitrogen and oxygen atoms in total. The van der Waals surface area contributed by atoms with Gasteiger partial charge in [0, 0.05) is 19.8 Å². The molecule has 1 spiro atoms. The Balaban J connectivity index is 1.56. The molecular formula is C21H22F3N3O. The van der Waals surface area contributed by atoms with Gasteiger partial charge < -0.3 is 4.90 Å². The van der Waals surface area contributed by atoms with Crippen LogP contribution < -0.4 is 5.32 Å². The van der Waals surface area contributed by atoms with Gasteiger partial charge in [0.2, 0.25) is 5.91 Å². The van der Waals surface area contributed by atoms with E-state index in [0.29, 0.717) is 5.56 Å². The summed E-state index contributed by atoms with van der Waals surface area (Å²) in [6.45, 7) is 0.786. The van der Waals surface area contributed by atoms with Gasteiger partial charge in [-0.15, -0.1) is 0 Å². The van der Waals surface area contributed by atoms with Gasteiger partial charge >= 0.3 is 6.18 Å². The molecule has 28 heavy (non-hydrogen) atoms. The highest BCUT2D eigenvalue weighted by Gasteiger charge is 2.48. The quantitative estimate of drug-likeness (QED) is 0.838. The predicted octanol–water partition coefficient (Wildman–Crippen LogP) is 4.18. The number of carbonyl (C=O) groups is 1. The van der Waals surface area contributed by atoms with Crippen molar-refractivity contribution in [3.8, 4) is 11.1 Å². The second-order valence-electron chi connectivity index (χ2n) is 7.69. The molecular weight excluding hydrogens is 367 g/mol. The van der Waals surface area contributed by atoms with Gasteiger partial charge in [0.05, 0.1) is 22.8 Å². The molecule has 7 heteroatoms. The van der Waals surface area contributed by atoms with Gasteiger partial charge in [0.1, 0.15) is 0 Å². The molecule has 0 unspecified atom stereocenters. The first kappa shape index (κ1) is 18.9. The number of likely N-dealkylation sites (tertiary alicyclic amines) is 1. The van der Waals surface area contributed by atoms with Gasteiger partial charge in [-0.3, -0.25) is 15.1 Å². The summed E-state index contributed by atoms with van der Waals surface area (Å²) in [7, 11) is 1.84. The number of aromatic nitrogens is 1. The third-order valence-corrected chi connectivity index (χ3v) is 5.85. The first-order valence-corrected chi connectivity index (χ1v) is 9.45. The minimum absolute atomic E-state index is 0.0372. The summed E-state index contributed by atoms with van der Waals surface area (Å²) in [5.74, 6) is 0.139. The number of alkyl halides is 3. The summed E-state index contributed by atoms with van der Waals surface area (Å²) in [5, 5.41) is 3.51. The van der Waals surface area contributed by atoms with E-state index in [4.69, 9.17) is 0 Å². The van der Waals surface area contributed by atoms with Crippen molar-refractivity contribution in [1.82, 2.24) is 15.2 Å². The van der Waals surface area contributed by atoms with Crippen LogP contribution in [0.2, 0.25) is 0 Å². The van der Waals surface area contributed by atoms with Gasteiger partial charge in [-0.2, -0.15) is 13.2 Å². The van der Waals surface area contributed by atoms with E-state index >= 15 is 0 Å². The molecule has 2 saturated heterocycles. The lowest BCUT2D eigenvalue weighted by molar-refractivity contribution is -0.140. The summed E-state index contributed by atoms with van der Waals surface area (Å²) in [6, 6.07) is 8.79. The fourth-order valence-electron chi connectivity index (χ4n) is 4.32. The standard InChI is InChI=1S/C21H22F3N3O/c1-27-12-2-9-20(19(27)28)10-7-17(26-20)18-13-15(8-11-25-18)14-3-5-16(6-4-14)21(22,23)24/h3-6,8,11,13,17,26H,2,7,9-10,12H2,1H3/t17-,20-/m1/s1. The zero-order valence-electron chi connectivity index (χ0n) is 15.6. The maximum Gasteiger partial charge on any atom is 0.416 e. The molecule has 1 amide bonds. The number of piperidine rings is 1. The number of nitrogens with zero attached hydrogens (tertiary/aromatic N) is 2. The van der Waals surface area contributed by atoms with Crippen molar-refractivity contribution in [2.75, 3.05) is 13.6 Å². The number of halogens is 3. The van der Waals surface area contributed by atoms with Crippen molar-refractivity contribution in [2.45, 2.75) is 43.4 Å². The van der Waals surface area contributed by atoms with Crippen molar-refractivity contribution in [3.05, 3.63) is 53.9 Å². The van der Waals surface area contributed by atoms with Crippen LogP contribution >= 0.6 is 0 Å². The number of pyridine rings is 1. The van der Waals surface area contributed by atoms with Crippen molar-refractivity contribution in [2.24, 2.45) is 0 Å². The average molecular weight is 389 g/mol. The Kier molecular flexibility index (Phi) is 4.65. The van der Waals surface area contributed by atoms with Crippen LogP contribution in [0.5, 0.6) is 0 Å². The number of hydrogen-bond donors (Lipinski definition) is 1. The molecule has 2 aromatic rings. The van der Waals surface area contributed by atoms with Crippen molar-refractivity contribution in [1.29, 1.82) is 0 Å². The van der Waals surface area contributed by atoms with Crippen molar-refractivity contribution < 1.29 is 18.0 Å². The molecule has 0 saturated carbocycles. The first-order chi connectivity index (χ1) is 13.3. The molecule has 2 atom stereocenters. The second-order valence-corrected chi connectivity index (χ2v) is 7.69. The van der Waals surface area contributed by atoms with Crippen LogP contribution in [0.15, 0.2) is 42.6 Å². The largest absolute Gasteiger partial charge is 0.416 e. The Hall–Kier alpha value is -2.41. The van der Waals surface area contributed by atoms with E-state index in [-0.39, 0.29) is 11.9 Å². The van der Waals surface area contributed by atoms with Crippen LogP contribution in [0.4, 0.5) is 13.2 Å². The number of nitrogens with one attached hydrogen (secondary N) is 1. The maximum atomic E-state index is 12.8. The molecule has 3 heterocycles. The van der Waals surface area contributed by atoms with Crippen LogP contribution in [0.3, 0.4) is 0 Å². The molecule has 1 N–H and O–H groups in total. The molecule has 2 aliphatic rings. The van der Waals surface area contributed by atoms with Crippen LogP contribution in [0.25, 0.3) is 11.1 Å². The van der Waals surface area contributed by atoms with E-state index < -0.39 is 17.3 Å². The Morgan fingerprint density at radius 1 is 1.14 bits per heavy atom. The topological polar surface area (TPSA) is 45.2 Å². The maximum absolute atomic E-state index is 12.8. The number of hydrogen-bond acceptors (Lipinski definition) is 3. The number of likely N-dealkylation sites (N-methyl/N-ethyl adjacent to an activating group) is 1. The van der Waals surface area contributed by atoms with Crippen LogP contribution in [0, 0.1) is 0 Å². The second kappa shape index (κ2) is 6.88. The molecule has 1 aromatic carbocycles. The van der Waals surface area contributed by atoms with E-state index in [9.17, 15) is 18.0 Å². The van der Waals surface area contributed by atoms with Gasteiger partial charge in [-0.05, 0) is 61.1 Å². The van der Waals surface area contributed by atoms with Crippen LogP contribution in [0.1, 0.15) is 43.0 Å². The summed E-state index contributed by atoms with van der Waals surface area (Å²) < 4.78 is 38.3. The average Bonchev–Trinajstić information content (AvgIpc) is 3.11. The molecule has 148 valence electrons. The first-order valence-electron chi connectivity index (χ1n) is 9.45. The summed E-state index contributed by atoms with van der Waals surface area (Å²) >= 11 is 0. The third kappa shape index (κ3) is 3.39. The van der Waals surface area contributed by atoms with Crippen molar-refractivity contribution in [3.63, 3.8) is 0 Å². The molecule has 0 radical (unpaired) electrons. The van der Waals surface area contributed by atoms with Gasteiger partial charge in [-0.1, -0.05) is 12.1 Å². The number of carbonyl (C=O) groups excluding carboxylic acids is 1. The molecule has 2 fully saturated rings. The van der Waals surface area contributed by atoms with Gasteiger partial charge in [-0.25, -0.2) is 0 Å². The number of rotatable bonds is 2. The molecule has 4 rings (SSSR count). The highest BCUT2D eigenvalue weighted by atomic mass is 19.4.